The van der Waals surface area contributed by atoms with E-state index in [0.29, 0.717) is 16.6 Å². The number of nitrogens with zero attached hydrogens (tertiary/aromatic N) is 4. The van der Waals surface area contributed by atoms with Crippen LogP contribution in [0, 0.1) is 5.92 Å². The third-order valence-corrected chi connectivity index (χ3v) is 4.21. The Kier molecular flexibility index (Phi) is 4.60. The predicted molar refractivity (Wildman–Crippen MR) is 81.5 cm³/mol. The lowest BCUT2D eigenvalue weighted by Gasteiger charge is -2.22. The standard InChI is InChI=1S/C14H20ClN5/c1-4-10(5-2)9(3)20-14(17-18-19-20)11-6-7-12(15)13(16)8-11/h6-10H,4-5,16H2,1-3H3. The average Bonchev–Trinajstić information content (AvgIpc) is 2.92. The summed E-state index contributed by atoms with van der Waals surface area (Å²) in [6.07, 6.45) is 2.19. The van der Waals surface area contributed by atoms with E-state index in [0.717, 1.165) is 24.2 Å². The summed E-state index contributed by atoms with van der Waals surface area (Å²) in [5, 5.41) is 12.6. The topological polar surface area (TPSA) is 69.6 Å². The van der Waals surface area contributed by atoms with Gasteiger partial charge >= 0.3 is 0 Å². The van der Waals surface area contributed by atoms with Gasteiger partial charge in [0.1, 0.15) is 0 Å². The molecule has 0 spiro atoms. The quantitative estimate of drug-likeness (QED) is 0.856. The van der Waals surface area contributed by atoms with Crippen LogP contribution < -0.4 is 5.73 Å². The number of anilines is 1. The molecule has 6 heteroatoms. The van der Waals surface area contributed by atoms with Gasteiger partial charge in [-0.3, -0.25) is 0 Å². The van der Waals surface area contributed by atoms with Crippen LogP contribution in [0.5, 0.6) is 0 Å². The van der Waals surface area contributed by atoms with Gasteiger partial charge in [0.05, 0.1) is 16.8 Å². The maximum atomic E-state index is 5.96. The molecule has 2 aromatic rings. The van der Waals surface area contributed by atoms with Gasteiger partial charge in [0, 0.05) is 5.56 Å². The molecule has 20 heavy (non-hydrogen) atoms. The van der Waals surface area contributed by atoms with Crippen LogP contribution in [0.25, 0.3) is 11.4 Å². The Labute approximate surface area is 124 Å². The van der Waals surface area contributed by atoms with Gasteiger partial charge in [0.25, 0.3) is 0 Å². The second kappa shape index (κ2) is 6.22. The first kappa shape index (κ1) is 14.8. The Hall–Kier alpha value is -1.62. The van der Waals surface area contributed by atoms with Crippen LogP contribution in [-0.2, 0) is 0 Å². The summed E-state index contributed by atoms with van der Waals surface area (Å²) in [7, 11) is 0. The van der Waals surface area contributed by atoms with Crippen molar-refractivity contribution in [2.24, 2.45) is 5.92 Å². The van der Waals surface area contributed by atoms with Gasteiger partial charge in [-0.25, -0.2) is 4.68 Å². The second-order valence-corrected chi connectivity index (χ2v) is 5.41. The van der Waals surface area contributed by atoms with Crippen LogP contribution in [-0.4, -0.2) is 20.2 Å². The van der Waals surface area contributed by atoms with Crippen LogP contribution in [0.2, 0.25) is 5.02 Å². The normalized spacial score (nSPS) is 12.8. The molecule has 2 rings (SSSR count). The molecule has 0 aliphatic rings. The Bertz CT molecular complexity index is 577. The average molecular weight is 294 g/mol. The van der Waals surface area contributed by atoms with Gasteiger partial charge in [-0.05, 0) is 41.5 Å². The SMILES string of the molecule is CCC(CC)C(C)n1nnnc1-c1ccc(Cl)c(N)c1. The molecule has 1 atom stereocenters. The molecular weight excluding hydrogens is 274 g/mol. The van der Waals surface area contributed by atoms with Crippen LogP contribution in [0.15, 0.2) is 18.2 Å². The highest BCUT2D eigenvalue weighted by atomic mass is 35.5. The van der Waals surface area contributed by atoms with Gasteiger partial charge in [0.2, 0.25) is 0 Å². The number of halogens is 1. The zero-order chi connectivity index (χ0) is 14.7. The Balaban J connectivity index is 2.39. The van der Waals surface area contributed by atoms with Gasteiger partial charge < -0.3 is 5.73 Å². The zero-order valence-corrected chi connectivity index (χ0v) is 12.8. The molecule has 0 aliphatic carbocycles. The summed E-state index contributed by atoms with van der Waals surface area (Å²) in [4.78, 5) is 0. The van der Waals surface area contributed by atoms with Crippen LogP contribution >= 0.6 is 11.6 Å². The van der Waals surface area contributed by atoms with Crippen molar-refractivity contribution in [1.82, 2.24) is 20.2 Å². The molecule has 0 bridgehead atoms. The number of nitrogen functional groups attached to an aromatic ring is 1. The van der Waals surface area contributed by atoms with Crippen molar-refractivity contribution in [1.29, 1.82) is 0 Å². The molecule has 108 valence electrons. The summed E-state index contributed by atoms with van der Waals surface area (Å²) in [5.41, 5.74) is 7.28. The molecule has 1 heterocycles. The molecule has 5 nitrogen and oxygen atoms in total. The highest BCUT2D eigenvalue weighted by molar-refractivity contribution is 6.33. The predicted octanol–water partition coefficient (Wildman–Crippen LogP) is 3.57. The maximum absolute atomic E-state index is 5.96. The molecule has 0 fully saturated rings. The first-order valence-corrected chi connectivity index (χ1v) is 7.29. The number of aromatic nitrogens is 4. The van der Waals surface area contributed by atoms with Gasteiger partial charge in [-0.2, -0.15) is 0 Å². The fourth-order valence-corrected chi connectivity index (χ4v) is 2.63. The summed E-state index contributed by atoms with van der Waals surface area (Å²) in [6, 6.07) is 5.71. The smallest absolute Gasteiger partial charge is 0.182 e. The number of benzene rings is 1. The summed E-state index contributed by atoms with van der Waals surface area (Å²) in [6.45, 7) is 6.53. The van der Waals surface area contributed by atoms with Crippen LogP contribution in [0.1, 0.15) is 39.7 Å². The number of rotatable bonds is 5. The highest BCUT2D eigenvalue weighted by Crippen LogP contribution is 2.29. The summed E-state index contributed by atoms with van der Waals surface area (Å²) >= 11 is 5.96. The van der Waals surface area contributed by atoms with Gasteiger partial charge in [-0.15, -0.1) is 5.10 Å². The Morgan fingerprint density at radius 2 is 2.00 bits per heavy atom. The lowest BCUT2D eigenvalue weighted by atomic mass is 9.95. The molecule has 0 saturated heterocycles. The maximum Gasteiger partial charge on any atom is 0.182 e. The lowest BCUT2D eigenvalue weighted by Crippen LogP contribution is -2.18. The Morgan fingerprint density at radius 1 is 1.30 bits per heavy atom. The van der Waals surface area contributed by atoms with E-state index in [-0.39, 0.29) is 6.04 Å². The zero-order valence-electron chi connectivity index (χ0n) is 12.0. The minimum Gasteiger partial charge on any atom is -0.398 e. The minimum absolute atomic E-state index is 0.243. The van der Waals surface area contributed by atoms with E-state index in [1.807, 2.05) is 16.8 Å². The fourth-order valence-electron chi connectivity index (χ4n) is 2.51. The number of nitrogens with two attached hydrogens (primary N) is 1. The molecule has 1 aromatic carbocycles. The fraction of sp³-hybridized carbons (Fsp3) is 0.500. The van der Waals surface area contributed by atoms with E-state index in [9.17, 15) is 0 Å². The van der Waals surface area contributed by atoms with Crippen molar-refractivity contribution in [3.63, 3.8) is 0 Å². The van der Waals surface area contributed by atoms with E-state index in [4.69, 9.17) is 17.3 Å². The molecule has 0 aliphatic heterocycles. The monoisotopic (exact) mass is 293 g/mol. The molecule has 1 aromatic heterocycles. The van der Waals surface area contributed by atoms with Crippen molar-refractivity contribution in [2.75, 3.05) is 5.73 Å². The van der Waals surface area contributed by atoms with Crippen molar-refractivity contribution in [3.05, 3.63) is 23.2 Å². The summed E-state index contributed by atoms with van der Waals surface area (Å²) < 4.78 is 1.88. The minimum atomic E-state index is 0.243. The highest BCUT2D eigenvalue weighted by Gasteiger charge is 2.21. The molecular formula is C14H20ClN5. The molecule has 0 amide bonds. The van der Waals surface area contributed by atoms with Crippen molar-refractivity contribution in [3.8, 4) is 11.4 Å². The summed E-state index contributed by atoms with van der Waals surface area (Å²) in [5.74, 6) is 1.27. The van der Waals surface area contributed by atoms with Crippen LogP contribution in [0.4, 0.5) is 5.69 Å². The molecule has 0 radical (unpaired) electrons. The molecule has 1 unspecified atom stereocenters. The Morgan fingerprint density at radius 3 is 2.60 bits per heavy atom. The van der Waals surface area contributed by atoms with E-state index in [1.165, 1.54) is 0 Å². The van der Waals surface area contributed by atoms with Crippen molar-refractivity contribution < 1.29 is 0 Å². The van der Waals surface area contributed by atoms with E-state index in [1.54, 1.807) is 6.07 Å². The second-order valence-electron chi connectivity index (χ2n) is 5.00. The first-order chi connectivity index (χ1) is 9.58. The molecule has 2 N–H and O–H groups in total. The van der Waals surface area contributed by atoms with Crippen LogP contribution in [0.3, 0.4) is 0 Å². The van der Waals surface area contributed by atoms with Crippen molar-refractivity contribution in [2.45, 2.75) is 39.7 Å². The largest absolute Gasteiger partial charge is 0.398 e. The van der Waals surface area contributed by atoms with E-state index >= 15 is 0 Å². The van der Waals surface area contributed by atoms with Gasteiger partial charge in [-0.1, -0.05) is 38.3 Å². The third kappa shape index (κ3) is 2.77. The first-order valence-electron chi connectivity index (χ1n) is 6.91. The van der Waals surface area contributed by atoms with E-state index < -0.39 is 0 Å². The number of hydrogen-bond acceptors (Lipinski definition) is 4. The third-order valence-electron chi connectivity index (χ3n) is 3.86. The lowest BCUT2D eigenvalue weighted by molar-refractivity contribution is 0.309. The van der Waals surface area contributed by atoms with Crippen molar-refractivity contribution >= 4 is 17.3 Å². The number of tetrazole rings is 1. The molecule has 0 saturated carbocycles. The van der Waals surface area contributed by atoms with E-state index in [2.05, 4.69) is 36.3 Å². The number of hydrogen-bond donors (Lipinski definition) is 1. The van der Waals surface area contributed by atoms with Gasteiger partial charge in [0.15, 0.2) is 5.82 Å².